The zero-order valence-corrected chi connectivity index (χ0v) is 18.7. The molecular weight excluding hydrogens is 364 g/mol. The van der Waals surface area contributed by atoms with Gasteiger partial charge in [-0.15, -0.1) is 0 Å². The molecule has 4 aliphatic rings. The van der Waals surface area contributed by atoms with Crippen LogP contribution in [0, 0.1) is 46.3 Å². The summed E-state index contributed by atoms with van der Waals surface area (Å²) in [5.74, 6) is 3.55. The molecule has 0 N–H and O–H groups in total. The van der Waals surface area contributed by atoms with Crippen molar-refractivity contribution in [1.82, 2.24) is 0 Å². The lowest BCUT2D eigenvalue weighted by molar-refractivity contribution is -0.159. The van der Waals surface area contributed by atoms with Crippen LogP contribution in [0.1, 0.15) is 85.0 Å². The second-order valence-corrected chi connectivity index (χ2v) is 11.1. The van der Waals surface area contributed by atoms with Crippen LogP contribution in [0.25, 0.3) is 0 Å². The van der Waals surface area contributed by atoms with Gasteiger partial charge in [-0.05, 0) is 79.4 Å². The lowest BCUT2D eigenvalue weighted by atomic mass is 9.44. The zero-order chi connectivity index (χ0) is 21.0. The Kier molecular flexibility index (Phi) is 5.44. The Morgan fingerprint density at radius 3 is 2.59 bits per heavy atom. The van der Waals surface area contributed by atoms with E-state index in [0.717, 1.165) is 38.5 Å². The third-order valence-corrected chi connectivity index (χ3v) is 10.1. The molecule has 4 fully saturated rings. The number of fused-ring (bicyclic) bond motifs is 5. The first-order valence-corrected chi connectivity index (χ1v) is 11.8. The maximum absolute atomic E-state index is 13.7. The van der Waals surface area contributed by atoms with Crippen LogP contribution < -0.4 is 0 Å². The molecule has 0 spiro atoms. The Labute approximate surface area is 175 Å². The molecule has 7 unspecified atom stereocenters. The average molecular weight is 403 g/mol. The Balaban J connectivity index is 1.55. The highest BCUT2D eigenvalue weighted by atomic mass is 16.5. The summed E-state index contributed by atoms with van der Waals surface area (Å²) in [7, 11) is 1.44. The van der Waals surface area contributed by atoms with Gasteiger partial charge < -0.3 is 4.74 Å². The summed E-state index contributed by atoms with van der Waals surface area (Å²) in [6.07, 6.45) is 9.00. The summed E-state index contributed by atoms with van der Waals surface area (Å²) in [6, 6.07) is 0. The number of hydrogen-bond acceptors (Lipinski definition) is 4. The molecule has 0 aromatic heterocycles. The number of esters is 1. The highest BCUT2D eigenvalue weighted by Gasteiger charge is 2.63. The van der Waals surface area contributed by atoms with Crippen molar-refractivity contribution in [1.29, 1.82) is 0 Å². The van der Waals surface area contributed by atoms with Gasteiger partial charge in [0.1, 0.15) is 11.6 Å². The van der Waals surface area contributed by atoms with E-state index in [0.29, 0.717) is 66.3 Å². The van der Waals surface area contributed by atoms with Crippen molar-refractivity contribution < 1.29 is 19.1 Å². The molecule has 0 heterocycles. The first-order chi connectivity index (χ1) is 13.7. The molecule has 0 radical (unpaired) electrons. The lowest BCUT2D eigenvalue weighted by Crippen LogP contribution is -2.57. The number of ketones is 2. The average Bonchev–Trinajstić information content (AvgIpc) is 3.06. The molecule has 0 saturated heterocycles. The third kappa shape index (κ3) is 3.20. The minimum Gasteiger partial charge on any atom is -0.469 e. The van der Waals surface area contributed by atoms with Crippen molar-refractivity contribution in [2.75, 3.05) is 7.11 Å². The number of hydrogen-bond donors (Lipinski definition) is 0. The van der Waals surface area contributed by atoms with Crippen LogP contribution in [0.4, 0.5) is 0 Å². The molecular formula is C25H38O4. The van der Waals surface area contributed by atoms with Crippen molar-refractivity contribution in [2.24, 2.45) is 46.3 Å². The van der Waals surface area contributed by atoms with Crippen molar-refractivity contribution in [3.63, 3.8) is 0 Å². The van der Waals surface area contributed by atoms with E-state index in [4.69, 9.17) is 4.74 Å². The van der Waals surface area contributed by atoms with E-state index < -0.39 is 0 Å². The zero-order valence-electron chi connectivity index (χ0n) is 18.7. The summed E-state index contributed by atoms with van der Waals surface area (Å²) >= 11 is 0. The van der Waals surface area contributed by atoms with Crippen molar-refractivity contribution >= 4 is 17.5 Å². The Hall–Kier alpha value is -1.19. The van der Waals surface area contributed by atoms with E-state index in [9.17, 15) is 14.4 Å². The van der Waals surface area contributed by atoms with E-state index in [-0.39, 0.29) is 16.8 Å². The fraction of sp³-hybridized carbons (Fsp3) is 0.880. The molecule has 0 amide bonds. The predicted molar refractivity (Wildman–Crippen MR) is 111 cm³/mol. The van der Waals surface area contributed by atoms with Gasteiger partial charge in [0.25, 0.3) is 0 Å². The van der Waals surface area contributed by atoms with Gasteiger partial charge in [-0.1, -0.05) is 20.8 Å². The number of ether oxygens (including phenoxy) is 1. The Morgan fingerprint density at radius 2 is 1.86 bits per heavy atom. The van der Waals surface area contributed by atoms with Crippen LogP contribution in [0.5, 0.6) is 0 Å². The standard InChI is InChI=1S/C25H38O4/c1-15(5-10-23(28)29-4)19-8-9-20-18-7-6-16-13-17(26)11-12-24(16,2)21(18)14-22(27)25(19,20)3/h15-16,18-21H,5-14H2,1-4H3/t15?,16-,18?,19?,20?,21?,24?,25?/m1/s1. The smallest absolute Gasteiger partial charge is 0.305 e. The second-order valence-electron chi connectivity index (χ2n) is 11.1. The molecule has 4 saturated carbocycles. The normalized spacial score (nSPS) is 45.2. The van der Waals surface area contributed by atoms with Crippen LogP contribution in [-0.2, 0) is 19.1 Å². The number of carbonyl (C=O) groups excluding carboxylic acids is 3. The van der Waals surface area contributed by atoms with Gasteiger partial charge >= 0.3 is 5.97 Å². The molecule has 0 aliphatic heterocycles. The molecule has 0 aromatic rings. The number of methoxy groups -OCH3 is 1. The topological polar surface area (TPSA) is 60.4 Å². The van der Waals surface area contributed by atoms with Crippen LogP contribution >= 0.6 is 0 Å². The number of rotatable bonds is 4. The summed E-state index contributed by atoms with van der Waals surface area (Å²) in [6.45, 7) is 6.87. The Bertz CT molecular complexity index is 699. The van der Waals surface area contributed by atoms with E-state index in [1.165, 1.54) is 13.5 Å². The Morgan fingerprint density at radius 1 is 1.10 bits per heavy atom. The molecule has 4 aliphatic carbocycles. The molecule has 162 valence electrons. The summed E-state index contributed by atoms with van der Waals surface area (Å²) in [4.78, 5) is 37.4. The van der Waals surface area contributed by atoms with Crippen LogP contribution in [-0.4, -0.2) is 24.6 Å². The monoisotopic (exact) mass is 402 g/mol. The van der Waals surface area contributed by atoms with Crippen molar-refractivity contribution in [3.05, 3.63) is 0 Å². The van der Waals surface area contributed by atoms with Gasteiger partial charge in [-0.25, -0.2) is 0 Å². The van der Waals surface area contributed by atoms with E-state index in [2.05, 4.69) is 20.8 Å². The lowest BCUT2D eigenvalue weighted by Gasteiger charge is -2.59. The van der Waals surface area contributed by atoms with E-state index in [1.807, 2.05) is 0 Å². The molecule has 0 aromatic carbocycles. The van der Waals surface area contributed by atoms with Crippen molar-refractivity contribution in [3.8, 4) is 0 Å². The minimum absolute atomic E-state index is 0.148. The molecule has 0 bridgehead atoms. The number of Topliss-reactive ketones (excluding diaryl/α,β-unsaturated/α-hetero) is 2. The summed E-state index contributed by atoms with van der Waals surface area (Å²) in [5, 5.41) is 0. The molecule has 4 heteroatoms. The second kappa shape index (κ2) is 7.50. The predicted octanol–water partition coefficient (Wildman–Crippen LogP) is 4.98. The van der Waals surface area contributed by atoms with Gasteiger partial charge in [0.2, 0.25) is 0 Å². The van der Waals surface area contributed by atoms with Crippen LogP contribution in [0.3, 0.4) is 0 Å². The largest absolute Gasteiger partial charge is 0.469 e. The fourth-order valence-corrected chi connectivity index (χ4v) is 8.34. The first-order valence-electron chi connectivity index (χ1n) is 11.8. The van der Waals surface area contributed by atoms with Crippen molar-refractivity contribution in [2.45, 2.75) is 85.0 Å². The van der Waals surface area contributed by atoms with Gasteiger partial charge in [0, 0.05) is 31.1 Å². The van der Waals surface area contributed by atoms with Crippen LogP contribution in [0.2, 0.25) is 0 Å². The first kappa shape index (κ1) is 21.1. The van der Waals surface area contributed by atoms with E-state index >= 15 is 0 Å². The van der Waals surface area contributed by atoms with Gasteiger partial charge in [-0.3, -0.25) is 14.4 Å². The molecule has 4 rings (SSSR count). The fourth-order valence-electron chi connectivity index (χ4n) is 8.34. The van der Waals surface area contributed by atoms with E-state index in [1.54, 1.807) is 0 Å². The maximum atomic E-state index is 13.7. The highest BCUT2D eigenvalue weighted by Crippen LogP contribution is 2.67. The molecule has 29 heavy (non-hydrogen) atoms. The SMILES string of the molecule is COC(=O)CCC(C)C1CCC2C3CC[C@@H]4CC(=O)CCC4(C)C3CC(=O)C12C. The maximum Gasteiger partial charge on any atom is 0.305 e. The highest BCUT2D eigenvalue weighted by molar-refractivity contribution is 5.87. The quantitative estimate of drug-likeness (QED) is 0.622. The van der Waals surface area contributed by atoms with Crippen LogP contribution in [0.15, 0.2) is 0 Å². The minimum atomic E-state index is -0.232. The van der Waals surface area contributed by atoms with Gasteiger partial charge in [0.05, 0.1) is 7.11 Å². The summed E-state index contributed by atoms with van der Waals surface area (Å²) < 4.78 is 4.83. The number of carbonyl (C=O) groups is 3. The molecule has 4 nitrogen and oxygen atoms in total. The third-order valence-electron chi connectivity index (χ3n) is 10.1. The van der Waals surface area contributed by atoms with Gasteiger partial charge in [0.15, 0.2) is 0 Å². The summed E-state index contributed by atoms with van der Waals surface area (Å²) in [5.41, 5.74) is -0.0627. The molecule has 8 atom stereocenters. The van der Waals surface area contributed by atoms with Gasteiger partial charge in [-0.2, -0.15) is 0 Å².